The Bertz CT molecular complexity index is 622. The van der Waals surface area contributed by atoms with Gasteiger partial charge in [0.2, 0.25) is 0 Å². The lowest BCUT2D eigenvalue weighted by atomic mass is 9.89. The molecule has 106 valence electrons. The van der Waals surface area contributed by atoms with Crippen LogP contribution in [0.3, 0.4) is 0 Å². The third kappa shape index (κ3) is 3.48. The zero-order valence-electron chi connectivity index (χ0n) is 10.6. The van der Waals surface area contributed by atoms with E-state index in [0.29, 0.717) is 15.6 Å². The molecule has 0 saturated heterocycles. The second-order valence-electron chi connectivity index (χ2n) is 4.86. The van der Waals surface area contributed by atoms with Crippen LogP contribution in [-0.2, 0) is 12.0 Å². The van der Waals surface area contributed by atoms with E-state index in [1.54, 1.807) is 18.2 Å². The van der Waals surface area contributed by atoms with Crippen LogP contribution in [0.4, 0.5) is 8.78 Å². The maximum absolute atomic E-state index is 13.2. The highest BCUT2D eigenvalue weighted by atomic mass is 35.5. The molecule has 1 N–H and O–H groups in total. The molecule has 0 saturated carbocycles. The highest BCUT2D eigenvalue weighted by Crippen LogP contribution is 2.29. The minimum atomic E-state index is -1.42. The van der Waals surface area contributed by atoms with Crippen molar-refractivity contribution in [2.24, 2.45) is 0 Å². The fraction of sp³-hybridized carbons (Fsp3) is 0.200. The topological polar surface area (TPSA) is 20.2 Å². The summed E-state index contributed by atoms with van der Waals surface area (Å²) in [5, 5.41) is 11.2. The highest BCUT2D eigenvalue weighted by Gasteiger charge is 2.25. The zero-order chi connectivity index (χ0) is 14.9. The van der Waals surface area contributed by atoms with Gasteiger partial charge in [0, 0.05) is 12.5 Å². The predicted molar refractivity (Wildman–Crippen MR) is 76.1 cm³/mol. The predicted octanol–water partition coefficient (Wildman–Crippen LogP) is 4.72. The number of rotatable bonds is 3. The van der Waals surface area contributed by atoms with Crippen LogP contribution < -0.4 is 0 Å². The molecule has 5 heteroatoms. The average molecular weight is 317 g/mol. The molecule has 0 aliphatic heterocycles. The number of benzene rings is 2. The molecule has 0 bridgehead atoms. The SMILES string of the molecule is CC(O)(Cc1ccc(Cl)c(Cl)c1)c1cc(F)cc(F)c1. The summed E-state index contributed by atoms with van der Waals surface area (Å²) in [7, 11) is 0. The van der Waals surface area contributed by atoms with Gasteiger partial charge in [0.25, 0.3) is 0 Å². The minimum absolute atomic E-state index is 0.160. The van der Waals surface area contributed by atoms with E-state index in [1.165, 1.54) is 6.92 Å². The molecule has 1 atom stereocenters. The fourth-order valence-corrected chi connectivity index (χ4v) is 2.33. The number of halogens is 4. The lowest BCUT2D eigenvalue weighted by Gasteiger charge is -2.24. The number of hydrogen-bond acceptors (Lipinski definition) is 1. The van der Waals surface area contributed by atoms with Crippen LogP contribution in [0.1, 0.15) is 18.1 Å². The fourth-order valence-electron chi connectivity index (χ4n) is 2.01. The molecule has 0 amide bonds. The van der Waals surface area contributed by atoms with Crippen LogP contribution >= 0.6 is 23.2 Å². The lowest BCUT2D eigenvalue weighted by molar-refractivity contribution is 0.0569. The first-order chi connectivity index (χ1) is 9.28. The smallest absolute Gasteiger partial charge is 0.126 e. The van der Waals surface area contributed by atoms with E-state index >= 15 is 0 Å². The Kier molecular flexibility index (Phi) is 4.33. The lowest BCUT2D eigenvalue weighted by Crippen LogP contribution is -2.24. The van der Waals surface area contributed by atoms with Crippen molar-refractivity contribution in [1.29, 1.82) is 0 Å². The van der Waals surface area contributed by atoms with Crippen molar-refractivity contribution in [2.45, 2.75) is 18.9 Å². The van der Waals surface area contributed by atoms with E-state index in [9.17, 15) is 13.9 Å². The molecule has 2 aromatic rings. The minimum Gasteiger partial charge on any atom is -0.385 e. The van der Waals surface area contributed by atoms with E-state index in [0.717, 1.165) is 18.2 Å². The maximum atomic E-state index is 13.2. The molecular weight excluding hydrogens is 305 g/mol. The van der Waals surface area contributed by atoms with Crippen LogP contribution in [0.5, 0.6) is 0 Å². The summed E-state index contributed by atoms with van der Waals surface area (Å²) in [5.74, 6) is -1.45. The summed E-state index contributed by atoms with van der Waals surface area (Å²) in [6.07, 6.45) is 0.160. The van der Waals surface area contributed by atoms with Crippen LogP contribution in [-0.4, -0.2) is 5.11 Å². The second kappa shape index (κ2) is 5.68. The van der Waals surface area contributed by atoms with Crippen molar-refractivity contribution >= 4 is 23.2 Å². The molecule has 0 heterocycles. The summed E-state index contributed by atoms with van der Waals surface area (Å²) in [4.78, 5) is 0. The molecule has 0 aliphatic rings. The molecule has 0 aliphatic carbocycles. The van der Waals surface area contributed by atoms with E-state index in [1.807, 2.05) is 0 Å². The van der Waals surface area contributed by atoms with E-state index < -0.39 is 17.2 Å². The summed E-state index contributed by atoms with van der Waals surface area (Å²) < 4.78 is 26.4. The Morgan fingerprint density at radius 1 is 1.00 bits per heavy atom. The van der Waals surface area contributed by atoms with E-state index in [2.05, 4.69) is 0 Å². The maximum Gasteiger partial charge on any atom is 0.126 e. The van der Waals surface area contributed by atoms with Gasteiger partial charge in [-0.25, -0.2) is 8.78 Å². The quantitative estimate of drug-likeness (QED) is 0.868. The van der Waals surface area contributed by atoms with Gasteiger partial charge in [-0.15, -0.1) is 0 Å². The Labute approximate surface area is 125 Å². The standard InChI is InChI=1S/C15H12Cl2F2O/c1-15(20,10-5-11(18)7-12(19)6-10)8-9-2-3-13(16)14(17)4-9/h2-7,20H,8H2,1H3. The number of aliphatic hydroxyl groups is 1. The largest absolute Gasteiger partial charge is 0.385 e. The van der Waals surface area contributed by atoms with Crippen molar-refractivity contribution in [3.05, 3.63) is 69.2 Å². The molecule has 0 radical (unpaired) electrons. The third-order valence-electron chi connectivity index (χ3n) is 3.02. The molecule has 0 aromatic heterocycles. The van der Waals surface area contributed by atoms with Crippen LogP contribution in [0, 0.1) is 11.6 Å². The van der Waals surface area contributed by atoms with Gasteiger partial charge in [-0.05, 0) is 42.3 Å². The Balaban J connectivity index is 2.32. The van der Waals surface area contributed by atoms with Gasteiger partial charge in [0.15, 0.2) is 0 Å². The van der Waals surface area contributed by atoms with Crippen molar-refractivity contribution in [2.75, 3.05) is 0 Å². The Hall–Kier alpha value is -1.16. The van der Waals surface area contributed by atoms with Crippen molar-refractivity contribution in [3.8, 4) is 0 Å². The van der Waals surface area contributed by atoms with Crippen molar-refractivity contribution in [1.82, 2.24) is 0 Å². The Morgan fingerprint density at radius 2 is 1.60 bits per heavy atom. The van der Waals surface area contributed by atoms with Crippen LogP contribution in [0.15, 0.2) is 36.4 Å². The molecule has 0 spiro atoms. The van der Waals surface area contributed by atoms with Crippen molar-refractivity contribution in [3.63, 3.8) is 0 Å². The van der Waals surface area contributed by atoms with E-state index in [4.69, 9.17) is 23.2 Å². The van der Waals surface area contributed by atoms with Crippen LogP contribution in [0.25, 0.3) is 0 Å². The van der Waals surface area contributed by atoms with Crippen molar-refractivity contribution < 1.29 is 13.9 Å². The monoisotopic (exact) mass is 316 g/mol. The molecule has 1 unspecified atom stereocenters. The average Bonchev–Trinajstić information content (AvgIpc) is 2.32. The molecule has 0 fully saturated rings. The first-order valence-corrected chi connectivity index (χ1v) is 6.66. The van der Waals surface area contributed by atoms with Gasteiger partial charge >= 0.3 is 0 Å². The van der Waals surface area contributed by atoms with Gasteiger partial charge in [-0.3, -0.25) is 0 Å². The summed E-state index contributed by atoms with van der Waals surface area (Å²) in [6, 6.07) is 7.92. The van der Waals surface area contributed by atoms with Gasteiger partial charge in [-0.1, -0.05) is 29.3 Å². The third-order valence-corrected chi connectivity index (χ3v) is 3.76. The summed E-state index contributed by atoms with van der Waals surface area (Å²) >= 11 is 11.7. The molecule has 2 rings (SSSR count). The number of hydrogen-bond donors (Lipinski definition) is 1. The zero-order valence-corrected chi connectivity index (χ0v) is 12.1. The van der Waals surface area contributed by atoms with Gasteiger partial charge in [0.1, 0.15) is 11.6 Å². The molecule has 1 nitrogen and oxygen atoms in total. The highest BCUT2D eigenvalue weighted by molar-refractivity contribution is 6.42. The first kappa shape index (κ1) is 15.2. The van der Waals surface area contributed by atoms with Gasteiger partial charge < -0.3 is 5.11 Å². The summed E-state index contributed by atoms with van der Waals surface area (Å²) in [5.41, 5.74) is -0.532. The molecule has 20 heavy (non-hydrogen) atoms. The molecular formula is C15H12Cl2F2O. The van der Waals surface area contributed by atoms with Crippen LogP contribution in [0.2, 0.25) is 10.0 Å². The van der Waals surface area contributed by atoms with E-state index in [-0.39, 0.29) is 12.0 Å². The normalized spacial score (nSPS) is 14.1. The van der Waals surface area contributed by atoms with Gasteiger partial charge in [0.05, 0.1) is 15.6 Å². The summed E-state index contributed by atoms with van der Waals surface area (Å²) in [6.45, 7) is 1.49. The second-order valence-corrected chi connectivity index (χ2v) is 5.67. The Morgan fingerprint density at radius 3 is 2.15 bits per heavy atom. The first-order valence-electron chi connectivity index (χ1n) is 5.91. The molecule has 2 aromatic carbocycles. The van der Waals surface area contributed by atoms with Gasteiger partial charge in [-0.2, -0.15) is 0 Å².